The van der Waals surface area contributed by atoms with Gasteiger partial charge in [0.15, 0.2) is 15.7 Å². The summed E-state index contributed by atoms with van der Waals surface area (Å²) in [5.74, 6) is -0.823. The normalized spacial score (nSPS) is 20.8. The molecule has 0 spiro atoms. The van der Waals surface area contributed by atoms with Crippen LogP contribution in [0.2, 0.25) is 0 Å². The van der Waals surface area contributed by atoms with Gasteiger partial charge < -0.3 is 10.0 Å². The van der Waals surface area contributed by atoms with Gasteiger partial charge in [0.2, 0.25) is 0 Å². The Balaban J connectivity index is 2.28. The number of nitrogens with zero attached hydrogens (tertiary/aromatic N) is 1. The highest BCUT2D eigenvalue weighted by atomic mass is 32.2. The minimum atomic E-state index is -3.09. The number of amides is 1. The van der Waals surface area contributed by atoms with E-state index in [-0.39, 0.29) is 23.1 Å². The number of carbonyl (C=O) groups excluding carboxylic acids is 1. The summed E-state index contributed by atoms with van der Waals surface area (Å²) < 4.78 is 23.0. The molecule has 8 heteroatoms. The number of nitrogens with one attached hydrogen (secondary N) is 1. The molecule has 0 saturated carbocycles. The maximum Gasteiger partial charge on any atom is 0.254 e. The van der Waals surface area contributed by atoms with Crippen LogP contribution in [-0.4, -0.2) is 53.4 Å². The highest BCUT2D eigenvalue weighted by molar-refractivity contribution is 7.91. The standard InChI is InChI=1S/C12H16N2O5S/c1-2-14(9-3-4-20(18,19)7-9)12(17)8-5-10(15)13-11(16)6-8/h5-6,9H,2-4,7H2,1H3,(H2,13,15,16). The van der Waals surface area contributed by atoms with Crippen molar-refractivity contribution in [2.45, 2.75) is 19.4 Å². The van der Waals surface area contributed by atoms with Gasteiger partial charge in [0.1, 0.15) is 0 Å². The zero-order chi connectivity index (χ0) is 14.9. The monoisotopic (exact) mass is 300 g/mol. The Labute approximate surface area is 116 Å². The van der Waals surface area contributed by atoms with Crippen molar-refractivity contribution in [3.63, 3.8) is 0 Å². The molecule has 0 aliphatic carbocycles. The number of H-pyrrole nitrogens is 1. The van der Waals surface area contributed by atoms with E-state index in [9.17, 15) is 23.1 Å². The predicted molar refractivity (Wildman–Crippen MR) is 72.5 cm³/mol. The van der Waals surface area contributed by atoms with Crippen LogP contribution in [0.5, 0.6) is 5.88 Å². The lowest BCUT2D eigenvalue weighted by molar-refractivity contribution is 0.0707. The molecule has 1 aliphatic rings. The van der Waals surface area contributed by atoms with Gasteiger partial charge in [-0.15, -0.1) is 0 Å². The molecule has 7 nitrogen and oxygen atoms in total. The van der Waals surface area contributed by atoms with E-state index in [4.69, 9.17) is 0 Å². The summed E-state index contributed by atoms with van der Waals surface area (Å²) in [5, 5.41) is 9.32. The lowest BCUT2D eigenvalue weighted by Crippen LogP contribution is -2.41. The maximum absolute atomic E-state index is 12.3. The Bertz CT molecular complexity index is 679. The molecular formula is C12H16N2O5S. The number of sulfone groups is 1. The first-order valence-electron chi connectivity index (χ1n) is 6.27. The molecule has 0 bridgehead atoms. The summed E-state index contributed by atoms with van der Waals surface area (Å²) in [6.45, 7) is 2.09. The first-order valence-corrected chi connectivity index (χ1v) is 8.09. The zero-order valence-corrected chi connectivity index (χ0v) is 11.8. The molecule has 0 aromatic carbocycles. The second-order valence-corrected chi connectivity index (χ2v) is 7.00. The largest absolute Gasteiger partial charge is 0.494 e. The molecule has 2 N–H and O–H groups in total. The van der Waals surface area contributed by atoms with E-state index in [0.717, 1.165) is 12.1 Å². The Hall–Kier alpha value is -1.83. The van der Waals surface area contributed by atoms with Crippen LogP contribution in [0.25, 0.3) is 0 Å². The summed E-state index contributed by atoms with van der Waals surface area (Å²) in [5.41, 5.74) is -0.527. The summed E-state index contributed by atoms with van der Waals surface area (Å²) >= 11 is 0. The quantitative estimate of drug-likeness (QED) is 0.799. The number of carbonyl (C=O) groups is 1. The van der Waals surface area contributed by atoms with E-state index in [2.05, 4.69) is 4.98 Å². The maximum atomic E-state index is 12.3. The lowest BCUT2D eigenvalue weighted by Gasteiger charge is -2.26. The molecule has 1 aromatic heterocycles. The smallest absolute Gasteiger partial charge is 0.254 e. The Morgan fingerprint density at radius 2 is 2.20 bits per heavy atom. The van der Waals surface area contributed by atoms with E-state index in [0.29, 0.717) is 13.0 Å². The van der Waals surface area contributed by atoms with Gasteiger partial charge in [-0.2, -0.15) is 0 Å². The third-order valence-electron chi connectivity index (χ3n) is 3.33. The second-order valence-electron chi connectivity index (χ2n) is 4.77. The predicted octanol–water partition coefficient (Wildman–Crippen LogP) is -0.270. The van der Waals surface area contributed by atoms with Crippen molar-refractivity contribution in [3.05, 3.63) is 28.0 Å². The number of pyridine rings is 1. The first-order chi connectivity index (χ1) is 9.32. The van der Waals surface area contributed by atoms with Crippen LogP contribution in [0.15, 0.2) is 16.9 Å². The van der Waals surface area contributed by atoms with Crippen molar-refractivity contribution in [2.24, 2.45) is 0 Å². The van der Waals surface area contributed by atoms with Crippen LogP contribution in [0, 0.1) is 0 Å². The van der Waals surface area contributed by atoms with Gasteiger partial charge in [-0.05, 0) is 13.3 Å². The fourth-order valence-electron chi connectivity index (χ4n) is 2.41. The molecule has 2 heterocycles. The van der Waals surface area contributed by atoms with Gasteiger partial charge in [0, 0.05) is 24.7 Å². The molecule has 20 heavy (non-hydrogen) atoms. The summed E-state index contributed by atoms with van der Waals surface area (Å²) in [7, 11) is -3.09. The Morgan fingerprint density at radius 1 is 1.50 bits per heavy atom. The van der Waals surface area contributed by atoms with Gasteiger partial charge >= 0.3 is 0 Å². The second kappa shape index (κ2) is 5.28. The van der Waals surface area contributed by atoms with Crippen molar-refractivity contribution in [1.82, 2.24) is 9.88 Å². The van der Waals surface area contributed by atoms with E-state index < -0.39 is 27.2 Å². The highest BCUT2D eigenvalue weighted by Crippen LogP contribution is 2.20. The van der Waals surface area contributed by atoms with Crippen LogP contribution < -0.4 is 5.56 Å². The molecule has 1 aliphatic heterocycles. The molecule has 1 amide bonds. The van der Waals surface area contributed by atoms with Crippen molar-refractivity contribution < 1.29 is 18.3 Å². The number of aromatic amines is 1. The molecule has 1 saturated heterocycles. The highest BCUT2D eigenvalue weighted by Gasteiger charge is 2.34. The summed E-state index contributed by atoms with van der Waals surface area (Å²) in [6, 6.07) is 1.88. The van der Waals surface area contributed by atoms with Crippen LogP contribution in [0.3, 0.4) is 0 Å². The minimum absolute atomic E-state index is 0.0531. The molecular weight excluding hydrogens is 284 g/mol. The Morgan fingerprint density at radius 3 is 2.70 bits per heavy atom. The zero-order valence-electron chi connectivity index (χ0n) is 11.0. The number of hydrogen-bond donors (Lipinski definition) is 2. The summed E-state index contributed by atoms with van der Waals surface area (Å²) in [4.78, 5) is 27.2. The van der Waals surface area contributed by atoms with Gasteiger partial charge in [0.05, 0.1) is 17.1 Å². The van der Waals surface area contributed by atoms with Crippen molar-refractivity contribution >= 4 is 15.7 Å². The number of aromatic nitrogens is 1. The van der Waals surface area contributed by atoms with Crippen LogP contribution >= 0.6 is 0 Å². The molecule has 110 valence electrons. The van der Waals surface area contributed by atoms with Gasteiger partial charge in [-0.1, -0.05) is 0 Å². The molecule has 1 aromatic rings. The third kappa shape index (κ3) is 3.01. The average molecular weight is 300 g/mol. The van der Waals surface area contributed by atoms with Crippen molar-refractivity contribution in [3.8, 4) is 5.88 Å². The molecule has 2 rings (SSSR count). The van der Waals surface area contributed by atoms with E-state index in [1.807, 2.05) is 0 Å². The van der Waals surface area contributed by atoms with E-state index >= 15 is 0 Å². The molecule has 1 atom stereocenters. The van der Waals surface area contributed by atoms with Gasteiger partial charge in [0.25, 0.3) is 11.5 Å². The Kier molecular flexibility index (Phi) is 3.85. The third-order valence-corrected chi connectivity index (χ3v) is 5.08. The van der Waals surface area contributed by atoms with Gasteiger partial charge in [-0.3, -0.25) is 14.6 Å². The number of rotatable bonds is 3. The minimum Gasteiger partial charge on any atom is -0.494 e. The fourth-order valence-corrected chi connectivity index (χ4v) is 4.14. The summed E-state index contributed by atoms with van der Waals surface area (Å²) in [6.07, 6.45) is 0.400. The molecule has 1 fully saturated rings. The number of aromatic hydroxyl groups is 1. The van der Waals surface area contributed by atoms with Crippen molar-refractivity contribution in [1.29, 1.82) is 0 Å². The van der Waals surface area contributed by atoms with Crippen molar-refractivity contribution in [2.75, 3.05) is 18.1 Å². The van der Waals surface area contributed by atoms with Crippen LogP contribution in [-0.2, 0) is 9.84 Å². The SMILES string of the molecule is CCN(C(=O)c1cc(O)[nH]c(=O)c1)C1CCS(=O)(=O)C1. The molecule has 0 radical (unpaired) electrons. The topological polar surface area (TPSA) is 108 Å². The fraction of sp³-hybridized carbons (Fsp3) is 0.500. The van der Waals surface area contributed by atoms with E-state index in [1.54, 1.807) is 6.92 Å². The van der Waals surface area contributed by atoms with Gasteiger partial charge in [-0.25, -0.2) is 8.42 Å². The van der Waals surface area contributed by atoms with Crippen LogP contribution in [0.1, 0.15) is 23.7 Å². The number of hydrogen-bond acceptors (Lipinski definition) is 5. The molecule has 1 unspecified atom stereocenters. The lowest BCUT2D eigenvalue weighted by atomic mass is 10.1. The van der Waals surface area contributed by atoms with Crippen LogP contribution in [0.4, 0.5) is 0 Å². The average Bonchev–Trinajstić information content (AvgIpc) is 2.69. The van der Waals surface area contributed by atoms with E-state index in [1.165, 1.54) is 4.90 Å². The first kappa shape index (κ1) is 14.6.